The van der Waals surface area contributed by atoms with Gasteiger partial charge in [-0.3, -0.25) is 0 Å². The minimum absolute atomic E-state index is 0.0195. The van der Waals surface area contributed by atoms with Gasteiger partial charge in [-0.1, -0.05) is 141 Å². The van der Waals surface area contributed by atoms with Gasteiger partial charge in [-0.2, -0.15) is 0 Å². The smallest absolute Gasteiger partial charge is 0.121 e. The highest BCUT2D eigenvalue weighted by molar-refractivity contribution is 5.36. The fraction of sp³-hybridized carbons (Fsp3) is 0.500. The van der Waals surface area contributed by atoms with Crippen molar-refractivity contribution in [2.24, 2.45) is 16.7 Å². The summed E-state index contributed by atoms with van der Waals surface area (Å²) in [5.74, 6) is 0.529. The Bertz CT molecular complexity index is 1250. The first-order valence-electron chi connectivity index (χ1n) is 15.7. The zero-order chi connectivity index (χ0) is 30.3. The van der Waals surface area contributed by atoms with E-state index >= 15 is 0 Å². The van der Waals surface area contributed by atoms with E-state index in [1.165, 1.54) is 53.5 Å². The molecule has 3 atom stereocenters. The molecule has 3 rings (SSSR count). The van der Waals surface area contributed by atoms with Crippen LogP contribution in [0, 0.1) is 16.7 Å². The van der Waals surface area contributed by atoms with E-state index in [4.69, 9.17) is 4.74 Å². The fourth-order valence-electron chi connectivity index (χ4n) is 6.73. The highest BCUT2D eigenvalue weighted by atomic mass is 16.6. The molecule has 222 valence electrons. The van der Waals surface area contributed by atoms with E-state index in [9.17, 15) is 0 Å². The van der Waals surface area contributed by atoms with Crippen LogP contribution in [0.4, 0.5) is 0 Å². The van der Waals surface area contributed by atoms with Crippen LogP contribution in [0.5, 0.6) is 0 Å². The van der Waals surface area contributed by atoms with Gasteiger partial charge in [0.15, 0.2) is 0 Å². The zero-order valence-electron chi connectivity index (χ0n) is 27.7. The lowest BCUT2D eigenvalue weighted by Crippen LogP contribution is -2.41. The predicted octanol–water partition coefficient (Wildman–Crippen LogP) is 11.7. The minimum atomic E-state index is -0.104. The number of rotatable bonds is 10. The first-order valence-corrected chi connectivity index (χ1v) is 15.7. The Morgan fingerprint density at radius 2 is 1.24 bits per heavy atom. The number of hydrogen-bond acceptors (Lipinski definition) is 1. The first-order chi connectivity index (χ1) is 19.2. The number of epoxide rings is 1. The maximum atomic E-state index is 6.34. The monoisotopic (exact) mass is 552 g/mol. The number of ether oxygens (including phenoxy) is 1. The van der Waals surface area contributed by atoms with Crippen LogP contribution in [0.25, 0.3) is 0 Å². The number of allylic oxidation sites excluding steroid dienone is 19. The molecule has 0 amide bonds. The van der Waals surface area contributed by atoms with Gasteiger partial charge in [0.05, 0.1) is 5.60 Å². The standard InChI is InChI=1S/C40H56O/c1-31(19-13-21-33(3)24-25-36-35(5)23-15-27-37(36,6)7)17-11-12-18-32(2)20-14-22-34(4)26-30-40-38(8,9)28-16-29-39(40,10)41-40/h11-14,17-26,30,36H,15-16,27-29H2,1-10H3/b12-11+,19-13-,20-14-,25-24+,30-26+,31-17+,32-18+,33-21-,34-22-/t36-,39-,40+/m1/s1. The molecule has 0 spiro atoms. The maximum absolute atomic E-state index is 6.34. The third-order valence-electron chi connectivity index (χ3n) is 9.58. The van der Waals surface area contributed by atoms with E-state index in [-0.39, 0.29) is 16.6 Å². The van der Waals surface area contributed by atoms with Crippen molar-refractivity contribution in [3.63, 3.8) is 0 Å². The molecule has 0 aromatic rings. The highest BCUT2D eigenvalue weighted by Crippen LogP contribution is 2.66. The van der Waals surface area contributed by atoms with Crippen LogP contribution < -0.4 is 0 Å². The topological polar surface area (TPSA) is 12.5 Å². The normalized spacial score (nSPS) is 31.2. The average molecular weight is 553 g/mol. The second-order valence-electron chi connectivity index (χ2n) is 14.2. The molecule has 0 N–H and O–H groups in total. The molecule has 41 heavy (non-hydrogen) atoms. The predicted molar refractivity (Wildman–Crippen MR) is 181 cm³/mol. The summed E-state index contributed by atoms with van der Waals surface area (Å²) in [7, 11) is 0. The molecule has 0 aromatic carbocycles. The molecule has 0 bridgehead atoms. The van der Waals surface area contributed by atoms with Gasteiger partial charge in [0.1, 0.15) is 5.60 Å². The van der Waals surface area contributed by atoms with Gasteiger partial charge in [0.25, 0.3) is 0 Å². The average Bonchev–Trinajstić information content (AvgIpc) is 3.52. The summed E-state index contributed by atoms with van der Waals surface area (Å²) in [5.41, 5.74) is 6.92. The number of fused-ring (bicyclic) bond motifs is 1. The van der Waals surface area contributed by atoms with Gasteiger partial charge in [-0.25, -0.2) is 0 Å². The van der Waals surface area contributed by atoms with Crippen molar-refractivity contribution in [2.45, 2.75) is 113 Å². The first kappa shape index (κ1) is 32.9. The van der Waals surface area contributed by atoms with Crippen LogP contribution in [0.2, 0.25) is 0 Å². The lowest BCUT2D eigenvalue weighted by atomic mass is 9.64. The lowest BCUT2D eigenvalue weighted by molar-refractivity contribution is 0.166. The van der Waals surface area contributed by atoms with Gasteiger partial charge in [-0.05, 0) is 85.1 Å². The minimum Gasteiger partial charge on any atom is -0.358 e. The zero-order valence-corrected chi connectivity index (χ0v) is 27.7. The van der Waals surface area contributed by atoms with Crippen molar-refractivity contribution in [3.05, 3.63) is 119 Å². The molecule has 1 saturated heterocycles. The molecular formula is C40H56O. The molecule has 0 unspecified atom stereocenters. The molecule has 1 aliphatic heterocycles. The summed E-state index contributed by atoms with van der Waals surface area (Å²) >= 11 is 0. The van der Waals surface area contributed by atoms with Crippen molar-refractivity contribution < 1.29 is 4.74 Å². The van der Waals surface area contributed by atoms with Crippen LogP contribution in [0.3, 0.4) is 0 Å². The Kier molecular flexibility index (Phi) is 10.9. The van der Waals surface area contributed by atoms with Gasteiger partial charge in [0, 0.05) is 11.3 Å². The SMILES string of the molecule is CC1=CCCC(C)(C)[C@@H]1/C=C/C(C)=C\C=C/C(C)=C/C=C/C=C(C)/C=C\C=C(C)/C=C/[C@@]12O[C@]1(C)CCCC2(C)C. The van der Waals surface area contributed by atoms with Crippen LogP contribution in [-0.4, -0.2) is 11.2 Å². The quantitative estimate of drug-likeness (QED) is 0.149. The second kappa shape index (κ2) is 13.6. The third kappa shape index (κ3) is 8.45. The summed E-state index contributed by atoms with van der Waals surface area (Å²) in [6.45, 7) is 22.6. The molecule has 1 heterocycles. The van der Waals surface area contributed by atoms with E-state index < -0.39 is 0 Å². The van der Waals surface area contributed by atoms with Crippen LogP contribution >= 0.6 is 0 Å². The second-order valence-corrected chi connectivity index (χ2v) is 14.2. The van der Waals surface area contributed by atoms with Crippen molar-refractivity contribution in [1.82, 2.24) is 0 Å². The molecule has 3 aliphatic rings. The van der Waals surface area contributed by atoms with E-state index in [1.54, 1.807) is 0 Å². The third-order valence-corrected chi connectivity index (χ3v) is 9.58. The van der Waals surface area contributed by atoms with Crippen LogP contribution in [0.15, 0.2) is 119 Å². The van der Waals surface area contributed by atoms with E-state index in [0.717, 1.165) is 6.42 Å². The summed E-state index contributed by atoms with van der Waals surface area (Å²) in [6, 6.07) is 0. The Morgan fingerprint density at radius 3 is 1.80 bits per heavy atom. The van der Waals surface area contributed by atoms with Gasteiger partial charge in [0.2, 0.25) is 0 Å². The molecule has 1 heteroatoms. The Morgan fingerprint density at radius 1 is 0.707 bits per heavy atom. The van der Waals surface area contributed by atoms with Crippen LogP contribution in [0.1, 0.15) is 101 Å². The van der Waals surface area contributed by atoms with E-state index in [0.29, 0.717) is 11.3 Å². The van der Waals surface area contributed by atoms with Gasteiger partial charge in [-0.15, -0.1) is 0 Å². The van der Waals surface area contributed by atoms with E-state index in [2.05, 4.69) is 160 Å². The van der Waals surface area contributed by atoms with Crippen LogP contribution in [-0.2, 0) is 4.74 Å². The Balaban J connectivity index is 1.48. The molecule has 2 fully saturated rings. The lowest BCUT2D eigenvalue weighted by Gasteiger charge is -2.36. The van der Waals surface area contributed by atoms with Crippen molar-refractivity contribution in [1.29, 1.82) is 0 Å². The molecular weight excluding hydrogens is 496 g/mol. The molecule has 2 aliphatic carbocycles. The number of hydrogen-bond donors (Lipinski definition) is 0. The largest absolute Gasteiger partial charge is 0.358 e. The highest BCUT2D eigenvalue weighted by Gasteiger charge is 2.73. The van der Waals surface area contributed by atoms with Crippen molar-refractivity contribution in [3.8, 4) is 0 Å². The van der Waals surface area contributed by atoms with Gasteiger partial charge >= 0.3 is 0 Å². The molecule has 1 saturated carbocycles. The summed E-state index contributed by atoms with van der Waals surface area (Å²) in [6.07, 6.45) is 39.2. The molecule has 0 radical (unpaired) electrons. The molecule has 1 nitrogen and oxygen atoms in total. The fourth-order valence-corrected chi connectivity index (χ4v) is 6.73. The maximum Gasteiger partial charge on any atom is 0.121 e. The van der Waals surface area contributed by atoms with Crippen molar-refractivity contribution in [2.75, 3.05) is 0 Å². The Hall–Kier alpha value is -2.64. The Labute approximate surface area is 252 Å². The summed E-state index contributed by atoms with van der Waals surface area (Å²) in [4.78, 5) is 0. The summed E-state index contributed by atoms with van der Waals surface area (Å²) in [5, 5.41) is 0. The van der Waals surface area contributed by atoms with Gasteiger partial charge < -0.3 is 4.74 Å². The molecule has 0 aromatic heterocycles. The van der Waals surface area contributed by atoms with E-state index in [1.807, 2.05) is 0 Å². The summed E-state index contributed by atoms with van der Waals surface area (Å²) < 4.78 is 6.34. The van der Waals surface area contributed by atoms with Crippen molar-refractivity contribution >= 4 is 0 Å².